The number of anilines is 2. The first kappa shape index (κ1) is 19.4. The van der Waals surface area contributed by atoms with Crippen molar-refractivity contribution >= 4 is 17.3 Å². The number of carbonyl (C=O) groups is 1. The van der Waals surface area contributed by atoms with Gasteiger partial charge in [-0.05, 0) is 54.7 Å². The Morgan fingerprint density at radius 1 is 1.44 bits per heavy atom. The molecule has 2 rings (SSSR count). The molecule has 3 N–H and O–H groups in total. The van der Waals surface area contributed by atoms with Crippen LogP contribution < -0.4 is 11.1 Å². The molecule has 1 aliphatic rings. The molecule has 2 atom stereocenters. The minimum Gasteiger partial charge on any atom is -0.461 e. The number of benzene rings is 1. The van der Waals surface area contributed by atoms with E-state index in [1.165, 1.54) is 12.8 Å². The summed E-state index contributed by atoms with van der Waals surface area (Å²) < 4.78 is 5.00. The predicted molar refractivity (Wildman–Crippen MR) is 105 cm³/mol. The van der Waals surface area contributed by atoms with Gasteiger partial charge in [-0.2, -0.15) is 0 Å². The maximum atomic E-state index is 11.6. The SMILES string of the molecule is C=CCOC(=O)CCc1ccc(N[C@@H]2C[C@H](C)CC(C)(C)C2)c(N)c1. The lowest BCUT2D eigenvalue weighted by atomic mass is 9.70. The van der Waals surface area contributed by atoms with Crippen LogP contribution in [0.5, 0.6) is 0 Å². The topological polar surface area (TPSA) is 64.3 Å². The molecule has 1 saturated carbocycles. The quantitative estimate of drug-likeness (QED) is 0.432. The zero-order valence-corrected chi connectivity index (χ0v) is 15.8. The molecule has 0 amide bonds. The van der Waals surface area contributed by atoms with Gasteiger partial charge in [-0.3, -0.25) is 4.79 Å². The Bertz CT molecular complexity index is 610. The average Bonchev–Trinajstić information content (AvgIpc) is 2.51. The number of ether oxygens (including phenoxy) is 1. The van der Waals surface area contributed by atoms with Crippen molar-refractivity contribution in [3.05, 3.63) is 36.4 Å². The van der Waals surface area contributed by atoms with E-state index in [1.54, 1.807) is 6.08 Å². The van der Waals surface area contributed by atoms with Crippen LogP contribution in [0, 0.1) is 11.3 Å². The fraction of sp³-hybridized carbons (Fsp3) is 0.571. The van der Waals surface area contributed by atoms with E-state index in [0.717, 1.165) is 29.3 Å². The van der Waals surface area contributed by atoms with Crippen molar-refractivity contribution in [3.63, 3.8) is 0 Å². The van der Waals surface area contributed by atoms with Crippen LogP contribution in [-0.2, 0) is 16.0 Å². The molecule has 0 radical (unpaired) electrons. The summed E-state index contributed by atoms with van der Waals surface area (Å²) in [7, 11) is 0. The van der Waals surface area contributed by atoms with Crippen LogP contribution in [-0.4, -0.2) is 18.6 Å². The fourth-order valence-corrected chi connectivity index (χ4v) is 4.05. The molecule has 0 unspecified atom stereocenters. The van der Waals surface area contributed by atoms with Gasteiger partial charge in [0.15, 0.2) is 0 Å². The molecule has 138 valence electrons. The molecule has 25 heavy (non-hydrogen) atoms. The van der Waals surface area contributed by atoms with E-state index in [-0.39, 0.29) is 12.6 Å². The number of nitrogens with one attached hydrogen (secondary N) is 1. The number of esters is 1. The van der Waals surface area contributed by atoms with Gasteiger partial charge in [0.05, 0.1) is 11.4 Å². The third-order valence-electron chi connectivity index (χ3n) is 4.84. The molecule has 0 heterocycles. The molecule has 4 heteroatoms. The molecule has 1 aromatic carbocycles. The monoisotopic (exact) mass is 344 g/mol. The fourth-order valence-electron chi connectivity index (χ4n) is 4.05. The van der Waals surface area contributed by atoms with Gasteiger partial charge in [0, 0.05) is 12.5 Å². The Hall–Kier alpha value is -1.97. The lowest BCUT2D eigenvalue weighted by Gasteiger charge is -2.39. The maximum absolute atomic E-state index is 11.6. The zero-order valence-electron chi connectivity index (χ0n) is 15.8. The van der Waals surface area contributed by atoms with Crippen LogP contribution in [0.1, 0.15) is 52.0 Å². The zero-order chi connectivity index (χ0) is 18.4. The molecule has 1 aliphatic carbocycles. The molecule has 4 nitrogen and oxygen atoms in total. The second-order valence-electron chi connectivity index (χ2n) is 8.15. The number of hydrogen-bond donors (Lipinski definition) is 2. The first-order chi connectivity index (χ1) is 11.8. The first-order valence-electron chi connectivity index (χ1n) is 9.20. The molecule has 0 bridgehead atoms. The van der Waals surface area contributed by atoms with E-state index in [0.29, 0.717) is 24.3 Å². The Balaban J connectivity index is 1.93. The third kappa shape index (κ3) is 6.11. The standard InChI is InChI=1S/C21H32N2O2/c1-5-10-25-20(24)9-7-16-6-8-19(18(22)12-16)23-17-11-15(2)13-21(3,4)14-17/h5-6,8,12,15,17,23H,1,7,9-11,13-14,22H2,2-4H3/t15-,17+/m0/s1. The van der Waals surface area contributed by atoms with Crippen LogP contribution >= 0.6 is 0 Å². The maximum Gasteiger partial charge on any atom is 0.306 e. The number of carbonyl (C=O) groups excluding carboxylic acids is 1. The van der Waals surface area contributed by atoms with Gasteiger partial charge in [-0.25, -0.2) is 0 Å². The van der Waals surface area contributed by atoms with E-state index in [1.807, 2.05) is 18.2 Å². The second kappa shape index (κ2) is 8.41. The summed E-state index contributed by atoms with van der Waals surface area (Å²) in [6, 6.07) is 6.49. The predicted octanol–water partition coefficient (Wildman–Crippen LogP) is 4.56. The van der Waals surface area contributed by atoms with Gasteiger partial charge < -0.3 is 15.8 Å². The highest BCUT2D eigenvalue weighted by atomic mass is 16.5. The van der Waals surface area contributed by atoms with Crippen LogP contribution in [0.15, 0.2) is 30.9 Å². The van der Waals surface area contributed by atoms with Crippen molar-refractivity contribution in [2.45, 2.75) is 58.9 Å². The third-order valence-corrected chi connectivity index (χ3v) is 4.84. The van der Waals surface area contributed by atoms with E-state index >= 15 is 0 Å². The summed E-state index contributed by atoms with van der Waals surface area (Å²) >= 11 is 0. The van der Waals surface area contributed by atoms with Crippen LogP contribution in [0.4, 0.5) is 11.4 Å². The normalized spacial score (nSPS) is 22.2. The summed E-state index contributed by atoms with van der Waals surface area (Å²) in [6.45, 7) is 10.8. The minimum atomic E-state index is -0.209. The summed E-state index contributed by atoms with van der Waals surface area (Å²) in [5.74, 6) is 0.516. The highest BCUT2D eigenvalue weighted by molar-refractivity contribution is 5.71. The van der Waals surface area contributed by atoms with Gasteiger partial charge in [0.1, 0.15) is 6.61 Å². The van der Waals surface area contributed by atoms with E-state index < -0.39 is 0 Å². The van der Waals surface area contributed by atoms with Gasteiger partial charge in [-0.15, -0.1) is 0 Å². The summed E-state index contributed by atoms with van der Waals surface area (Å²) in [5.41, 5.74) is 9.40. The molecule has 0 spiro atoms. The summed E-state index contributed by atoms with van der Waals surface area (Å²) in [4.78, 5) is 11.6. The van der Waals surface area contributed by atoms with Crippen molar-refractivity contribution in [2.24, 2.45) is 11.3 Å². The Morgan fingerprint density at radius 3 is 2.84 bits per heavy atom. The smallest absolute Gasteiger partial charge is 0.306 e. The molecule has 1 fully saturated rings. The lowest BCUT2D eigenvalue weighted by molar-refractivity contribution is -0.142. The van der Waals surface area contributed by atoms with Gasteiger partial charge in [0.2, 0.25) is 0 Å². The molecule has 0 aromatic heterocycles. The van der Waals surface area contributed by atoms with Crippen molar-refractivity contribution in [1.82, 2.24) is 0 Å². The second-order valence-corrected chi connectivity index (χ2v) is 8.15. The number of hydrogen-bond acceptors (Lipinski definition) is 4. The number of aryl methyl sites for hydroxylation is 1. The first-order valence-corrected chi connectivity index (χ1v) is 9.20. The van der Waals surface area contributed by atoms with E-state index in [2.05, 4.69) is 32.7 Å². The highest BCUT2D eigenvalue weighted by Crippen LogP contribution is 2.40. The molecule has 0 aliphatic heterocycles. The summed E-state index contributed by atoms with van der Waals surface area (Å²) in [5, 5.41) is 3.63. The van der Waals surface area contributed by atoms with Gasteiger partial charge >= 0.3 is 5.97 Å². The Labute approximate surface area is 151 Å². The number of rotatable bonds is 7. The minimum absolute atomic E-state index is 0.209. The average molecular weight is 344 g/mol. The highest BCUT2D eigenvalue weighted by Gasteiger charge is 2.32. The van der Waals surface area contributed by atoms with Crippen molar-refractivity contribution < 1.29 is 9.53 Å². The van der Waals surface area contributed by atoms with Crippen LogP contribution in [0.2, 0.25) is 0 Å². The van der Waals surface area contributed by atoms with Crippen LogP contribution in [0.25, 0.3) is 0 Å². The van der Waals surface area contributed by atoms with Gasteiger partial charge in [-0.1, -0.05) is 39.5 Å². The van der Waals surface area contributed by atoms with E-state index in [9.17, 15) is 4.79 Å². The largest absolute Gasteiger partial charge is 0.461 e. The Kier molecular flexibility index (Phi) is 6.51. The molecular formula is C21H32N2O2. The summed E-state index contributed by atoms with van der Waals surface area (Å²) in [6.07, 6.45) is 6.18. The lowest BCUT2D eigenvalue weighted by Crippen LogP contribution is -2.35. The Morgan fingerprint density at radius 2 is 2.20 bits per heavy atom. The van der Waals surface area contributed by atoms with Crippen LogP contribution in [0.3, 0.4) is 0 Å². The van der Waals surface area contributed by atoms with Crippen molar-refractivity contribution in [3.8, 4) is 0 Å². The number of nitrogens with two attached hydrogens (primary N) is 1. The molecular weight excluding hydrogens is 312 g/mol. The van der Waals surface area contributed by atoms with Crippen molar-refractivity contribution in [1.29, 1.82) is 0 Å². The van der Waals surface area contributed by atoms with Gasteiger partial charge in [0.25, 0.3) is 0 Å². The van der Waals surface area contributed by atoms with E-state index in [4.69, 9.17) is 10.5 Å². The van der Waals surface area contributed by atoms with Crippen molar-refractivity contribution in [2.75, 3.05) is 17.7 Å². The molecule has 1 aromatic rings. The molecule has 0 saturated heterocycles. The number of nitrogen functional groups attached to an aromatic ring is 1.